The fraction of sp³-hybridized carbons (Fsp3) is 0.421. The molecule has 5 nitrogen and oxygen atoms in total. The molecule has 2 N–H and O–H groups in total. The van der Waals surface area contributed by atoms with Gasteiger partial charge in [-0.1, -0.05) is 23.7 Å². The lowest BCUT2D eigenvalue weighted by Gasteiger charge is -2.42. The largest absolute Gasteiger partial charge is 0.339 e. The van der Waals surface area contributed by atoms with E-state index in [0.29, 0.717) is 12.1 Å². The molecule has 2 aromatic rings. The van der Waals surface area contributed by atoms with E-state index in [1.807, 2.05) is 30.1 Å². The number of hydrogen-bond acceptors (Lipinski definition) is 4. The van der Waals surface area contributed by atoms with Crippen molar-refractivity contribution in [3.63, 3.8) is 0 Å². The van der Waals surface area contributed by atoms with Gasteiger partial charge in [-0.2, -0.15) is 10.2 Å². The number of halogens is 1. The van der Waals surface area contributed by atoms with Crippen LogP contribution in [0, 0.1) is 0 Å². The molecule has 132 valence electrons. The monoisotopic (exact) mass is 358 g/mol. The number of aromatic nitrogens is 2. The molecule has 1 heterocycles. The van der Waals surface area contributed by atoms with E-state index in [0.717, 1.165) is 30.7 Å². The zero-order valence-electron chi connectivity index (χ0n) is 14.4. The number of rotatable bonds is 4. The third kappa shape index (κ3) is 3.67. The average Bonchev–Trinajstić information content (AvgIpc) is 2.67. The Bertz CT molecular complexity index is 729. The first kappa shape index (κ1) is 17.8. The normalized spacial score (nSPS) is 23.2. The van der Waals surface area contributed by atoms with Crippen LogP contribution < -0.4 is 5.73 Å². The van der Waals surface area contributed by atoms with Gasteiger partial charge < -0.3 is 10.6 Å². The summed E-state index contributed by atoms with van der Waals surface area (Å²) in [4.78, 5) is 14.4. The SMILES string of the molecule is CN(C(=O)c1ccnnc1)C1CCC(CN)(c2cccc(Cl)c2)CC1. The van der Waals surface area contributed by atoms with E-state index < -0.39 is 0 Å². The Morgan fingerprint density at radius 3 is 2.68 bits per heavy atom. The molecule has 0 saturated heterocycles. The Morgan fingerprint density at radius 1 is 1.32 bits per heavy atom. The second kappa shape index (κ2) is 7.50. The van der Waals surface area contributed by atoms with Crippen LogP contribution in [0.4, 0.5) is 0 Å². The molecule has 0 spiro atoms. The van der Waals surface area contributed by atoms with Gasteiger partial charge in [0.15, 0.2) is 0 Å². The molecular weight excluding hydrogens is 336 g/mol. The van der Waals surface area contributed by atoms with Gasteiger partial charge in [0.1, 0.15) is 0 Å². The topological polar surface area (TPSA) is 72.1 Å². The van der Waals surface area contributed by atoms with Gasteiger partial charge >= 0.3 is 0 Å². The summed E-state index contributed by atoms with van der Waals surface area (Å²) in [5.41, 5.74) is 7.88. The molecule has 1 amide bonds. The number of nitrogens with zero attached hydrogens (tertiary/aromatic N) is 3. The maximum Gasteiger partial charge on any atom is 0.255 e. The third-order valence-corrected chi connectivity index (χ3v) is 5.67. The summed E-state index contributed by atoms with van der Waals surface area (Å²) in [5.74, 6) is -0.0112. The van der Waals surface area contributed by atoms with Gasteiger partial charge in [-0.3, -0.25) is 4.79 Å². The summed E-state index contributed by atoms with van der Waals surface area (Å²) in [6.07, 6.45) is 6.79. The molecule has 1 aromatic carbocycles. The maximum absolute atomic E-state index is 12.6. The predicted molar refractivity (Wildman–Crippen MR) is 98.6 cm³/mol. The van der Waals surface area contributed by atoms with Crippen LogP contribution in [0.15, 0.2) is 42.7 Å². The van der Waals surface area contributed by atoms with Gasteiger partial charge in [-0.05, 0) is 49.4 Å². The summed E-state index contributed by atoms with van der Waals surface area (Å²) < 4.78 is 0. The zero-order valence-corrected chi connectivity index (χ0v) is 15.1. The average molecular weight is 359 g/mol. The molecule has 0 atom stereocenters. The van der Waals surface area contributed by atoms with E-state index in [1.165, 1.54) is 11.8 Å². The fourth-order valence-corrected chi connectivity index (χ4v) is 3.95. The van der Waals surface area contributed by atoms with E-state index in [4.69, 9.17) is 17.3 Å². The van der Waals surface area contributed by atoms with Gasteiger partial charge in [0.25, 0.3) is 5.91 Å². The fourth-order valence-electron chi connectivity index (χ4n) is 3.76. The van der Waals surface area contributed by atoms with Crippen LogP contribution in [0.5, 0.6) is 0 Å². The van der Waals surface area contributed by atoms with E-state index in [-0.39, 0.29) is 17.4 Å². The first-order chi connectivity index (χ1) is 12.1. The first-order valence-electron chi connectivity index (χ1n) is 8.56. The van der Waals surface area contributed by atoms with Crippen LogP contribution in [-0.4, -0.2) is 40.6 Å². The van der Waals surface area contributed by atoms with Crippen LogP contribution >= 0.6 is 11.6 Å². The minimum Gasteiger partial charge on any atom is -0.339 e. The Hall–Kier alpha value is -1.98. The van der Waals surface area contributed by atoms with Crippen molar-refractivity contribution in [3.8, 4) is 0 Å². The highest BCUT2D eigenvalue weighted by molar-refractivity contribution is 6.30. The summed E-state index contributed by atoms with van der Waals surface area (Å²) >= 11 is 6.17. The Labute approximate surface area is 153 Å². The van der Waals surface area contributed by atoms with Crippen molar-refractivity contribution in [2.75, 3.05) is 13.6 Å². The molecule has 0 unspecified atom stereocenters. The van der Waals surface area contributed by atoms with Crippen molar-refractivity contribution in [2.24, 2.45) is 5.73 Å². The van der Waals surface area contributed by atoms with Crippen molar-refractivity contribution in [1.82, 2.24) is 15.1 Å². The lowest BCUT2D eigenvalue weighted by atomic mass is 9.68. The number of hydrogen-bond donors (Lipinski definition) is 1. The zero-order chi connectivity index (χ0) is 17.9. The Morgan fingerprint density at radius 2 is 2.08 bits per heavy atom. The van der Waals surface area contributed by atoms with Gasteiger partial charge in [-0.25, -0.2) is 0 Å². The van der Waals surface area contributed by atoms with Gasteiger partial charge in [0, 0.05) is 30.1 Å². The van der Waals surface area contributed by atoms with E-state index in [1.54, 1.807) is 12.3 Å². The van der Waals surface area contributed by atoms with E-state index in [9.17, 15) is 4.79 Å². The van der Waals surface area contributed by atoms with Crippen molar-refractivity contribution in [1.29, 1.82) is 0 Å². The number of nitrogens with two attached hydrogens (primary N) is 1. The molecule has 0 bridgehead atoms. The van der Waals surface area contributed by atoms with Crippen molar-refractivity contribution >= 4 is 17.5 Å². The second-order valence-electron chi connectivity index (χ2n) is 6.77. The third-order valence-electron chi connectivity index (χ3n) is 5.44. The van der Waals surface area contributed by atoms with E-state index >= 15 is 0 Å². The maximum atomic E-state index is 12.6. The molecular formula is C19H23ClN4O. The predicted octanol–water partition coefficient (Wildman–Crippen LogP) is 3.04. The standard InChI is InChI=1S/C19H23ClN4O/c1-24(18(25)14-7-10-22-23-12-14)17-5-8-19(13-21,9-6-17)15-3-2-4-16(20)11-15/h2-4,7,10-12,17H,5-6,8-9,13,21H2,1H3. The molecule has 3 rings (SSSR count). The van der Waals surface area contributed by atoms with Crippen molar-refractivity contribution < 1.29 is 4.79 Å². The molecule has 6 heteroatoms. The van der Waals surface area contributed by atoms with Crippen LogP contribution in [0.2, 0.25) is 5.02 Å². The number of amides is 1. The molecule has 25 heavy (non-hydrogen) atoms. The molecule has 1 fully saturated rings. The number of carbonyl (C=O) groups excluding carboxylic acids is 1. The number of carbonyl (C=O) groups is 1. The lowest BCUT2D eigenvalue weighted by Crippen LogP contribution is -2.46. The second-order valence-corrected chi connectivity index (χ2v) is 7.21. The highest BCUT2D eigenvalue weighted by atomic mass is 35.5. The molecule has 1 aliphatic carbocycles. The summed E-state index contributed by atoms with van der Waals surface area (Å²) in [7, 11) is 1.86. The highest BCUT2D eigenvalue weighted by Gasteiger charge is 2.37. The molecule has 1 aliphatic rings. The van der Waals surface area contributed by atoms with Crippen LogP contribution in [0.3, 0.4) is 0 Å². The summed E-state index contributed by atoms with van der Waals surface area (Å²) in [5, 5.41) is 8.26. The quantitative estimate of drug-likeness (QED) is 0.911. The molecule has 0 aliphatic heterocycles. The van der Waals surface area contributed by atoms with Crippen molar-refractivity contribution in [2.45, 2.75) is 37.1 Å². The van der Waals surface area contributed by atoms with E-state index in [2.05, 4.69) is 16.3 Å². The first-order valence-corrected chi connectivity index (χ1v) is 8.93. The minimum atomic E-state index is -0.0521. The van der Waals surface area contributed by atoms with Gasteiger partial charge in [0.05, 0.1) is 18.0 Å². The number of benzene rings is 1. The highest BCUT2D eigenvalue weighted by Crippen LogP contribution is 2.40. The summed E-state index contributed by atoms with van der Waals surface area (Å²) in [6.45, 7) is 0.589. The minimum absolute atomic E-state index is 0.0112. The molecule has 1 aromatic heterocycles. The van der Waals surface area contributed by atoms with Crippen molar-refractivity contribution in [3.05, 3.63) is 58.9 Å². The van der Waals surface area contributed by atoms with Crippen LogP contribution in [0.1, 0.15) is 41.6 Å². The molecule has 1 saturated carbocycles. The van der Waals surface area contributed by atoms with Gasteiger partial charge in [-0.15, -0.1) is 0 Å². The summed E-state index contributed by atoms with van der Waals surface area (Å²) in [6, 6.07) is 9.90. The Kier molecular flexibility index (Phi) is 5.35. The smallest absolute Gasteiger partial charge is 0.255 e. The van der Waals surface area contributed by atoms with Crippen LogP contribution in [0.25, 0.3) is 0 Å². The molecule has 0 radical (unpaired) electrons. The lowest BCUT2D eigenvalue weighted by molar-refractivity contribution is 0.0662. The van der Waals surface area contributed by atoms with Gasteiger partial charge in [0.2, 0.25) is 0 Å². The van der Waals surface area contributed by atoms with Crippen LogP contribution in [-0.2, 0) is 5.41 Å². The Balaban J connectivity index is 1.71.